The minimum atomic E-state index is -0.358. The van der Waals surface area contributed by atoms with Gasteiger partial charge in [-0.25, -0.2) is 0 Å². The number of rotatable bonds is 12. The van der Waals surface area contributed by atoms with Crippen LogP contribution in [0.5, 0.6) is 0 Å². The van der Waals surface area contributed by atoms with Crippen molar-refractivity contribution in [1.82, 2.24) is 5.32 Å². The summed E-state index contributed by atoms with van der Waals surface area (Å²) in [4.78, 5) is 22.6. The first-order chi connectivity index (χ1) is 10.6. The number of esters is 1. The van der Waals surface area contributed by atoms with Gasteiger partial charge in [0.15, 0.2) is 0 Å². The Morgan fingerprint density at radius 2 is 1.64 bits per heavy atom. The summed E-state index contributed by atoms with van der Waals surface area (Å²) in [6.45, 7) is 10.3. The van der Waals surface area contributed by atoms with Crippen molar-refractivity contribution >= 4 is 11.9 Å². The molecule has 0 spiro atoms. The molecular weight excluding hydrogens is 288 g/mol. The zero-order valence-electron chi connectivity index (χ0n) is 14.4. The Bertz CT molecular complexity index is 283. The van der Waals surface area contributed by atoms with Crippen molar-refractivity contribution in [2.24, 2.45) is 5.73 Å². The zero-order valence-corrected chi connectivity index (χ0v) is 14.4. The fourth-order valence-electron chi connectivity index (χ4n) is 1.29. The van der Waals surface area contributed by atoms with Crippen molar-refractivity contribution in [1.29, 1.82) is 0 Å². The van der Waals surface area contributed by atoms with Crippen LogP contribution in [0.25, 0.3) is 0 Å². The molecule has 136 valence electrons. The first kappa shape index (κ1) is 23.1. The number of ether oxygens (including phenoxy) is 3. The average molecular weight is 324 g/mol. The summed E-state index contributed by atoms with van der Waals surface area (Å²) in [7, 11) is 0. The molecule has 7 heteroatoms. The fourth-order valence-corrected chi connectivity index (χ4v) is 1.29. The van der Waals surface area contributed by atoms with Gasteiger partial charge < -0.3 is 25.3 Å². The first-order valence-electron chi connectivity index (χ1n) is 7.88. The lowest BCUT2D eigenvalue weighted by Crippen LogP contribution is -2.28. The third-order valence-corrected chi connectivity index (χ3v) is 2.13. The second-order valence-electron chi connectivity index (χ2n) is 4.40. The van der Waals surface area contributed by atoms with E-state index in [4.69, 9.17) is 19.9 Å². The van der Waals surface area contributed by atoms with Crippen LogP contribution < -0.4 is 11.1 Å². The molecule has 0 heterocycles. The van der Waals surface area contributed by atoms with Crippen LogP contribution in [0.1, 0.15) is 43.4 Å². The minimum Gasteiger partial charge on any atom is -0.463 e. The molecule has 0 saturated carbocycles. The van der Waals surface area contributed by atoms with Crippen molar-refractivity contribution in [2.75, 3.05) is 39.5 Å². The average Bonchev–Trinajstić information content (AvgIpc) is 2.49. The molecule has 22 heavy (non-hydrogen) atoms. The quantitative estimate of drug-likeness (QED) is 0.415. The van der Waals surface area contributed by atoms with Crippen molar-refractivity contribution in [3.8, 4) is 0 Å². The van der Waals surface area contributed by atoms with Gasteiger partial charge in [0, 0.05) is 22.4 Å². The van der Waals surface area contributed by atoms with E-state index in [0.717, 1.165) is 0 Å². The number of carbonyl (C=O) groups is 2. The van der Waals surface area contributed by atoms with Gasteiger partial charge >= 0.3 is 5.97 Å². The van der Waals surface area contributed by atoms with Gasteiger partial charge in [-0.15, -0.1) is 0 Å². The summed E-state index contributed by atoms with van der Waals surface area (Å²) in [6, 6.07) is 0. The van der Waals surface area contributed by atoms with Gasteiger partial charge in [-0.3, -0.25) is 9.59 Å². The number of amides is 1. The van der Waals surface area contributed by atoms with Crippen LogP contribution in [0, 0.1) is 0 Å². The molecule has 7 nitrogen and oxygen atoms in total. The Balaban J connectivity index is -0.000000480. The molecule has 0 aliphatic carbocycles. The number of hydrogen-bond donors (Lipinski definition) is 2. The number of hydrogen-bond acceptors (Lipinski definition) is 6. The van der Waals surface area contributed by atoms with Gasteiger partial charge in [0.25, 0.3) is 0 Å². The van der Waals surface area contributed by atoms with E-state index >= 15 is 0 Å². The lowest BCUT2D eigenvalue weighted by atomic mass is 10.3. The third kappa shape index (κ3) is 18.8. The van der Waals surface area contributed by atoms with Crippen LogP contribution in [-0.4, -0.2) is 57.5 Å². The summed E-state index contributed by atoms with van der Waals surface area (Å²) in [6.07, 6.45) is 0.0728. The monoisotopic (exact) mass is 324 g/mol. The van der Waals surface area contributed by atoms with Crippen molar-refractivity contribution in [2.45, 2.75) is 46.6 Å². The predicted molar refractivity (Wildman–Crippen MR) is 89.7 cm³/mol. The van der Waals surface area contributed by atoms with Gasteiger partial charge in [0.1, 0.15) is 0 Å². The van der Waals surface area contributed by atoms with Crippen molar-refractivity contribution in [3.63, 3.8) is 0 Å². The standard InChI is InChI=1S/C13H26N2O5.C2H6.2H2/c1-11(2)20-13(17)4-3-12(16)15-6-8-19-10-9-18-7-5-14;1-2;;/h11H,3-10,14H2,1-2H3,(H,15,16);1-2H3;2*1H. The highest BCUT2D eigenvalue weighted by atomic mass is 16.5. The Morgan fingerprint density at radius 1 is 1.05 bits per heavy atom. The molecule has 0 fully saturated rings. The highest BCUT2D eigenvalue weighted by Crippen LogP contribution is 1.96. The molecule has 0 atom stereocenters. The van der Waals surface area contributed by atoms with Crippen LogP contribution in [0.2, 0.25) is 0 Å². The maximum atomic E-state index is 11.4. The Morgan fingerprint density at radius 3 is 2.18 bits per heavy atom. The van der Waals surface area contributed by atoms with Crippen molar-refractivity contribution < 1.29 is 26.7 Å². The maximum absolute atomic E-state index is 11.4. The SMILES string of the molecule is CC.CC(C)OC(=O)CCC(=O)NCCOCCOCCN.[HH].[HH]. The molecule has 0 aromatic carbocycles. The third-order valence-electron chi connectivity index (χ3n) is 2.13. The van der Waals surface area contributed by atoms with Crippen LogP contribution >= 0.6 is 0 Å². The normalized spacial score (nSPS) is 9.91. The first-order valence-corrected chi connectivity index (χ1v) is 7.88. The molecule has 0 unspecified atom stereocenters. The van der Waals surface area contributed by atoms with E-state index in [1.807, 2.05) is 13.8 Å². The van der Waals surface area contributed by atoms with Crippen LogP contribution in [0.4, 0.5) is 0 Å². The zero-order chi connectivity index (χ0) is 17.2. The van der Waals surface area contributed by atoms with E-state index in [9.17, 15) is 9.59 Å². The molecule has 0 aromatic heterocycles. The number of nitrogens with one attached hydrogen (secondary N) is 1. The van der Waals surface area contributed by atoms with E-state index in [-0.39, 0.29) is 33.7 Å². The van der Waals surface area contributed by atoms with Gasteiger partial charge in [-0.1, -0.05) is 13.8 Å². The second-order valence-corrected chi connectivity index (χ2v) is 4.40. The largest absolute Gasteiger partial charge is 0.463 e. The summed E-state index contributed by atoms with van der Waals surface area (Å²) in [5.74, 6) is -0.544. The molecule has 0 aliphatic heterocycles. The molecule has 0 saturated heterocycles. The molecule has 0 bridgehead atoms. The molecule has 0 aromatic rings. The van der Waals surface area contributed by atoms with E-state index in [2.05, 4.69) is 5.32 Å². The van der Waals surface area contributed by atoms with E-state index in [1.54, 1.807) is 13.8 Å². The van der Waals surface area contributed by atoms with Gasteiger partial charge in [0.2, 0.25) is 5.91 Å². The van der Waals surface area contributed by atoms with E-state index in [1.165, 1.54) is 0 Å². The highest BCUT2D eigenvalue weighted by Gasteiger charge is 2.08. The molecule has 0 rings (SSSR count). The molecule has 0 aliphatic rings. The number of carbonyl (C=O) groups excluding carboxylic acids is 2. The minimum absolute atomic E-state index is 0. The molecule has 0 radical (unpaired) electrons. The van der Waals surface area contributed by atoms with Gasteiger partial charge in [-0.05, 0) is 13.8 Å². The molecular formula is C15H36N2O5. The summed E-state index contributed by atoms with van der Waals surface area (Å²) in [5, 5.41) is 2.66. The Labute approximate surface area is 136 Å². The topological polar surface area (TPSA) is 99.9 Å². The Kier molecular flexibility index (Phi) is 18.8. The van der Waals surface area contributed by atoms with Crippen LogP contribution in [-0.2, 0) is 23.8 Å². The van der Waals surface area contributed by atoms with Gasteiger partial charge in [-0.2, -0.15) is 0 Å². The lowest BCUT2D eigenvalue weighted by molar-refractivity contribution is -0.148. The van der Waals surface area contributed by atoms with E-state index < -0.39 is 0 Å². The highest BCUT2D eigenvalue weighted by molar-refractivity contribution is 5.81. The predicted octanol–water partition coefficient (Wildman–Crippen LogP) is 1.34. The summed E-state index contributed by atoms with van der Waals surface area (Å²) < 4.78 is 15.3. The van der Waals surface area contributed by atoms with Crippen LogP contribution in [0.15, 0.2) is 0 Å². The number of nitrogens with two attached hydrogens (primary N) is 1. The summed E-state index contributed by atoms with van der Waals surface area (Å²) >= 11 is 0. The van der Waals surface area contributed by atoms with Gasteiger partial charge in [0.05, 0.1) is 39.0 Å². The Hall–Kier alpha value is -1.18. The maximum Gasteiger partial charge on any atom is 0.306 e. The fraction of sp³-hybridized carbons (Fsp3) is 0.867. The smallest absolute Gasteiger partial charge is 0.306 e. The second kappa shape index (κ2) is 17.9. The van der Waals surface area contributed by atoms with Crippen LogP contribution in [0.3, 0.4) is 0 Å². The van der Waals surface area contributed by atoms with E-state index in [0.29, 0.717) is 39.5 Å². The molecule has 3 N–H and O–H groups in total. The summed E-state index contributed by atoms with van der Waals surface area (Å²) in [5.41, 5.74) is 5.25. The lowest BCUT2D eigenvalue weighted by Gasteiger charge is -2.08. The molecule has 1 amide bonds. The van der Waals surface area contributed by atoms with Crippen molar-refractivity contribution in [3.05, 3.63) is 0 Å².